The van der Waals surface area contributed by atoms with E-state index in [1.165, 1.54) is 6.33 Å². The highest BCUT2D eigenvalue weighted by Crippen LogP contribution is 2.45. The molecule has 1 aliphatic heterocycles. The SMILES string of the molecule is CC(C)(CO)C(=O)SCCOP(=O)(NCc1ccccc1)OCC[C@H]1CC[C@@H](n2cnc3c(N)ncnc32)O1. The molecule has 3 atom stereocenters. The molecule has 1 aliphatic rings. The first kappa shape index (κ1) is 29.6. The number of carbonyl (C=O) groups excluding carboxylic acids is 1. The van der Waals surface area contributed by atoms with E-state index in [4.69, 9.17) is 19.5 Å². The number of rotatable bonds is 14. The van der Waals surface area contributed by atoms with Crippen molar-refractivity contribution in [2.75, 3.05) is 31.3 Å². The smallest absolute Gasteiger partial charge is 0.395 e. The molecule has 0 radical (unpaired) electrons. The molecule has 2 aromatic heterocycles. The normalized spacial score (nSPS) is 19.4. The van der Waals surface area contributed by atoms with Crippen LogP contribution in [0.15, 0.2) is 43.0 Å². The standard InChI is InChI=1S/C25H35N6O6PS/c1-25(2,15-32)24(33)39-13-12-36-38(34,30-14-18-6-4-3-5-7-18)35-11-10-19-8-9-20(37-19)31-17-29-21-22(26)27-16-28-23(21)31/h3-7,16-17,19-20,32H,8-15H2,1-2H3,(H,30,34)(H2,26,27,28)/t19-,20+,38?/m1/s1. The highest BCUT2D eigenvalue weighted by Gasteiger charge is 2.31. The first-order valence-corrected chi connectivity index (χ1v) is 15.3. The molecule has 14 heteroatoms. The van der Waals surface area contributed by atoms with Gasteiger partial charge in [0.1, 0.15) is 18.1 Å². The van der Waals surface area contributed by atoms with Crippen molar-refractivity contribution in [2.24, 2.45) is 5.41 Å². The maximum absolute atomic E-state index is 13.5. The Hall–Kier alpha value is -2.38. The van der Waals surface area contributed by atoms with Crippen LogP contribution in [0.2, 0.25) is 0 Å². The molecule has 0 bridgehead atoms. The summed E-state index contributed by atoms with van der Waals surface area (Å²) in [5.41, 5.74) is 7.12. The molecule has 3 heterocycles. The Balaban J connectivity index is 1.29. The van der Waals surface area contributed by atoms with Crippen LogP contribution in [0.25, 0.3) is 11.2 Å². The summed E-state index contributed by atoms with van der Waals surface area (Å²) in [6.07, 6.45) is 4.76. The van der Waals surface area contributed by atoms with E-state index < -0.39 is 13.2 Å². The van der Waals surface area contributed by atoms with Gasteiger partial charge in [-0.15, -0.1) is 0 Å². The molecular weight excluding hydrogens is 543 g/mol. The summed E-state index contributed by atoms with van der Waals surface area (Å²) < 4.78 is 33.0. The van der Waals surface area contributed by atoms with Gasteiger partial charge in [0.05, 0.1) is 37.7 Å². The number of imidazole rings is 1. The Labute approximate surface area is 231 Å². The van der Waals surface area contributed by atoms with Crippen molar-refractivity contribution in [2.45, 2.75) is 52.0 Å². The van der Waals surface area contributed by atoms with Gasteiger partial charge in [0.15, 0.2) is 16.6 Å². The van der Waals surface area contributed by atoms with E-state index in [-0.39, 0.29) is 43.0 Å². The monoisotopic (exact) mass is 578 g/mol. The van der Waals surface area contributed by atoms with Gasteiger partial charge >= 0.3 is 7.75 Å². The summed E-state index contributed by atoms with van der Waals surface area (Å²) in [7, 11) is -3.68. The van der Waals surface area contributed by atoms with Gasteiger partial charge in [-0.25, -0.2) is 24.6 Å². The second-order valence-corrected chi connectivity index (χ2v) is 12.7. The number of nitrogens with one attached hydrogen (secondary N) is 1. The number of anilines is 1. The van der Waals surface area contributed by atoms with E-state index in [1.807, 2.05) is 34.9 Å². The Morgan fingerprint density at radius 1 is 1.23 bits per heavy atom. The van der Waals surface area contributed by atoms with Gasteiger partial charge in [-0.1, -0.05) is 42.1 Å². The second kappa shape index (κ2) is 13.3. The zero-order chi connectivity index (χ0) is 27.9. The van der Waals surface area contributed by atoms with Gasteiger partial charge < -0.3 is 15.6 Å². The lowest BCUT2D eigenvalue weighted by Crippen LogP contribution is -2.26. The zero-order valence-electron chi connectivity index (χ0n) is 22.1. The van der Waals surface area contributed by atoms with Crippen molar-refractivity contribution in [3.05, 3.63) is 48.5 Å². The van der Waals surface area contributed by atoms with Crippen molar-refractivity contribution in [3.63, 3.8) is 0 Å². The molecule has 1 saturated heterocycles. The van der Waals surface area contributed by atoms with Gasteiger partial charge in [-0.3, -0.25) is 18.4 Å². The number of benzene rings is 1. The molecule has 1 fully saturated rings. The number of carbonyl (C=O) groups is 1. The van der Waals surface area contributed by atoms with Crippen molar-refractivity contribution in [3.8, 4) is 0 Å². The molecule has 12 nitrogen and oxygen atoms in total. The van der Waals surface area contributed by atoms with Crippen LogP contribution in [0.5, 0.6) is 0 Å². The summed E-state index contributed by atoms with van der Waals surface area (Å²) in [4.78, 5) is 24.8. The lowest BCUT2D eigenvalue weighted by molar-refractivity contribution is -0.119. The average molecular weight is 579 g/mol. The van der Waals surface area contributed by atoms with Gasteiger partial charge in [0.2, 0.25) is 0 Å². The van der Waals surface area contributed by atoms with Crippen molar-refractivity contribution in [1.82, 2.24) is 24.6 Å². The summed E-state index contributed by atoms with van der Waals surface area (Å²) >= 11 is 1.04. The number of ether oxygens (including phenoxy) is 1. The highest BCUT2D eigenvalue weighted by molar-refractivity contribution is 8.13. The van der Waals surface area contributed by atoms with Crippen LogP contribution in [-0.2, 0) is 29.7 Å². The largest absolute Gasteiger partial charge is 0.405 e. The highest BCUT2D eigenvalue weighted by atomic mass is 32.2. The number of aromatic nitrogens is 4. The van der Waals surface area contributed by atoms with E-state index in [1.54, 1.807) is 20.2 Å². The van der Waals surface area contributed by atoms with Crippen LogP contribution in [0, 0.1) is 5.41 Å². The third-order valence-electron chi connectivity index (χ3n) is 6.33. The van der Waals surface area contributed by atoms with Gasteiger partial charge in [-0.05, 0) is 38.7 Å². The first-order valence-electron chi connectivity index (χ1n) is 12.8. The predicted molar refractivity (Wildman–Crippen MR) is 149 cm³/mol. The van der Waals surface area contributed by atoms with Crippen LogP contribution >= 0.6 is 19.5 Å². The molecule has 39 heavy (non-hydrogen) atoms. The molecule has 4 rings (SSSR count). The Morgan fingerprint density at radius 3 is 2.77 bits per heavy atom. The first-order chi connectivity index (χ1) is 18.7. The van der Waals surface area contributed by atoms with E-state index in [9.17, 15) is 14.5 Å². The summed E-state index contributed by atoms with van der Waals surface area (Å²) in [5.74, 6) is 0.600. The molecular formula is C25H35N6O6PS. The van der Waals surface area contributed by atoms with Gasteiger partial charge in [0.25, 0.3) is 0 Å². The minimum atomic E-state index is -3.68. The molecule has 0 amide bonds. The molecule has 3 aromatic rings. The third kappa shape index (κ3) is 7.85. The van der Waals surface area contributed by atoms with E-state index in [2.05, 4.69) is 20.0 Å². The topological polar surface area (TPSA) is 164 Å². The average Bonchev–Trinajstić information content (AvgIpc) is 3.58. The van der Waals surface area contributed by atoms with Crippen LogP contribution in [0.4, 0.5) is 5.82 Å². The minimum absolute atomic E-state index is 0.0394. The Morgan fingerprint density at radius 2 is 2.00 bits per heavy atom. The maximum atomic E-state index is 13.5. The van der Waals surface area contributed by atoms with Crippen molar-refractivity contribution in [1.29, 1.82) is 0 Å². The molecule has 0 saturated carbocycles. The fourth-order valence-electron chi connectivity index (χ4n) is 3.95. The number of hydrogen-bond acceptors (Lipinski definition) is 11. The predicted octanol–water partition coefficient (Wildman–Crippen LogP) is 3.69. The number of thioether (sulfide) groups is 1. The number of aliphatic hydroxyl groups is 1. The summed E-state index contributed by atoms with van der Waals surface area (Å²) in [6, 6.07) is 9.52. The molecule has 212 valence electrons. The number of nitrogens with zero attached hydrogens (tertiary/aromatic N) is 4. The number of fused-ring (bicyclic) bond motifs is 1. The quantitative estimate of drug-likeness (QED) is 0.188. The number of nitrogen functional groups attached to an aromatic ring is 1. The fraction of sp³-hybridized carbons (Fsp3) is 0.520. The maximum Gasteiger partial charge on any atom is 0.405 e. The lowest BCUT2D eigenvalue weighted by Gasteiger charge is -2.21. The Kier molecular flexibility index (Phi) is 10.1. The molecule has 1 unspecified atom stereocenters. The lowest BCUT2D eigenvalue weighted by atomic mass is 9.97. The van der Waals surface area contributed by atoms with Gasteiger partial charge in [-0.2, -0.15) is 0 Å². The van der Waals surface area contributed by atoms with Crippen LogP contribution in [-0.4, -0.2) is 61.4 Å². The van der Waals surface area contributed by atoms with E-state index in [0.29, 0.717) is 29.9 Å². The third-order valence-corrected chi connectivity index (χ3v) is 9.10. The molecule has 4 N–H and O–H groups in total. The van der Waals surface area contributed by atoms with Crippen LogP contribution in [0.1, 0.15) is 44.9 Å². The van der Waals surface area contributed by atoms with E-state index in [0.717, 1.165) is 30.2 Å². The van der Waals surface area contributed by atoms with Crippen LogP contribution in [0.3, 0.4) is 0 Å². The van der Waals surface area contributed by atoms with Crippen LogP contribution < -0.4 is 10.8 Å². The number of nitrogens with two attached hydrogens (primary N) is 1. The zero-order valence-corrected chi connectivity index (χ0v) is 23.8. The Bertz CT molecular complexity index is 1290. The van der Waals surface area contributed by atoms with Crippen molar-refractivity contribution >= 4 is 41.6 Å². The van der Waals surface area contributed by atoms with Gasteiger partial charge in [0, 0.05) is 12.3 Å². The number of hydrogen-bond donors (Lipinski definition) is 3. The van der Waals surface area contributed by atoms with Crippen molar-refractivity contribution < 1.29 is 28.3 Å². The fourth-order valence-corrected chi connectivity index (χ4v) is 6.19. The summed E-state index contributed by atoms with van der Waals surface area (Å²) in [6.45, 7) is 3.59. The second-order valence-electron chi connectivity index (χ2n) is 9.82. The molecule has 0 spiro atoms. The van der Waals surface area contributed by atoms with E-state index >= 15 is 0 Å². The molecule has 0 aliphatic carbocycles. The number of aliphatic hydroxyl groups excluding tert-OH is 1. The minimum Gasteiger partial charge on any atom is -0.395 e. The molecule has 1 aromatic carbocycles. The summed E-state index contributed by atoms with van der Waals surface area (Å²) in [5, 5.41) is 12.1.